The van der Waals surface area contributed by atoms with Crippen molar-refractivity contribution in [1.29, 1.82) is 0 Å². The lowest BCUT2D eigenvalue weighted by Gasteiger charge is -2.20. The highest BCUT2D eigenvalue weighted by atomic mass is 35.5. The van der Waals surface area contributed by atoms with Gasteiger partial charge in [0, 0.05) is 13.1 Å². The van der Waals surface area contributed by atoms with E-state index in [1.807, 2.05) is 30.3 Å². The maximum absolute atomic E-state index is 11.9. The number of rotatable bonds is 8. The van der Waals surface area contributed by atoms with E-state index < -0.39 is 6.04 Å². The summed E-state index contributed by atoms with van der Waals surface area (Å²) in [6.07, 6.45) is 1.13. The molecule has 1 unspecified atom stereocenters. The molecule has 0 radical (unpaired) electrons. The van der Waals surface area contributed by atoms with Crippen LogP contribution < -0.4 is 11.1 Å². The minimum atomic E-state index is -0.581. The van der Waals surface area contributed by atoms with Gasteiger partial charge in [0.2, 0.25) is 5.91 Å². The van der Waals surface area contributed by atoms with E-state index in [4.69, 9.17) is 5.73 Å². The normalized spacial score (nSPS) is 11.2. The molecule has 0 fully saturated rings. The van der Waals surface area contributed by atoms with Crippen LogP contribution in [0, 0.1) is 0 Å². The molecule has 0 heterocycles. The highest BCUT2D eigenvalue weighted by molar-refractivity contribution is 5.85. The molecule has 4 nitrogen and oxygen atoms in total. The summed E-state index contributed by atoms with van der Waals surface area (Å²) in [6.45, 7) is 7.89. The molecule has 1 aromatic rings. The Morgan fingerprint density at radius 2 is 1.81 bits per heavy atom. The van der Waals surface area contributed by atoms with Crippen molar-refractivity contribution in [1.82, 2.24) is 10.2 Å². The number of likely N-dealkylation sites (N-methyl/N-ethyl adjacent to an activating group) is 1. The molecule has 0 aliphatic rings. The van der Waals surface area contributed by atoms with Crippen LogP contribution in [0.2, 0.25) is 0 Å². The Kier molecular flexibility index (Phi) is 13.8. The third kappa shape index (κ3) is 8.27. The molecule has 21 heavy (non-hydrogen) atoms. The molecule has 0 bridgehead atoms. The Hall–Kier alpha value is -0.810. The van der Waals surface area contributed by atoms with Crippen molar-refractivity contribution in [2.45, 2.75) is 26.3 Å². The highest BCUT2D eigenvalue weighted by Gasteiger charge is 2.14. The number of carbonyl (C=O) groups is 1. The predicted octanol–water partition coefficient (Wildman–Crippen LogP) is 2.38. The first-order valence-corrected chi connectivity index (χ1v) is 6.99. The number of carbonyl (C=O) groups excluding carboxylic acids is 1. The molecule has 0 spiro atoms. The van der Waals surface area contributed by atoms with E-state index in [0.717, 1.165) is 31.6 Å². The summed E-state index contributed by atoms with van der Waals surface area (Å²) in [7, 11) is 0. The van der Waals surface area contributed by atoms with Crippen molar-refractivity contribution < 1.29 is 4.79 Å². The van der Waals surface area contributed by atoms with Crippen LogP contribution >= 0.6 is 24.8 Å². The second-order valence-corrected chi connectivity index (χ2v) is 4.61. The monoisotopic (exact) mass is 335 g/mol. The Labute approximate surface area is 140 Å². The fraction of sp³-hybridized carbons (Fsp3) is 0.533. The number of amides is 1. The topological polar surface area (TPSA) is 58.4 Å². The van der Waals surface area contributed by atoms with Crippen LogP contribution in [0.15, 0.2) is 30.3 Å². The van der Waals surface area contributed by atoms with Crippen LogP contribution in [0.4, 0.5) is 0 Å². The average molecular weight is 336 g/mol. The van der Waals surface area contributed by atoms with Crippen LogP contribution in [0.5, 0.6) is 0 Å². The van der Waals surface area contributed by atoms with Gasteiger partial charge in [-0.05, 0) is 25.1 Å². The van der Waals surface area contributed by atoms with E-state index in [2.05, 4.69) is 24.1 Å². The number of hydrogen-bond donors (Lipinski definition) is 2. The van der Waals surface area contributed by atoms with Crippen molar-refractivity contribution >= 4 is 30.7 Å². The standard InChI is InChI=1S/C15H25N3O.2ClH/c1-3-11-18(4-2)12-10-17-15(19)14(16)13-8-6-5-7-9-13;;/h5-9,14H,3-4,10-12,16H2,1-2H3,(H,17,19);2*1H. The number of nitrogens with zero attached hydrogens (tertiary/aromatic N) is 1. The van der Waals surface area contributed by atoms with Crippen molar-refractivity contribution in [3.63, 3.8) is 0 Å². The van der Waals surface area contributed by atoms with Gasteiger partial charge in [-0.25, -0.2) is 0 Å². The Bertz CT molecular complexity index is 376. The van der Waals surface area contributed by atoms with Crippen LogP contribution in [-0.4, -0.2) is 37.0 Å². The van der Waals surface area contributed by atoms with Gasteiger partial charge in [0.1, 0.15) is 6.04 Å². The van der Waals surface area contributed by atoms with E-state index in [0.29, 0.717) is 6.54 Å². The van der Waals surface area contributed by atoms with Gasteiger partial charge in [0.25, 0.3) is 0 Å². The van der Waals surface area contributed by atoms with Gasteiger partial charge in [-0.2, -0.15) is 0 Å². The SMILES string of the molecule is CCCN(CC)CCNC(=O)C(N)c1ccccc1.Cl.Cl. The second-order valence-electron chi connectivity index (χ2n) is 4.61. The molecular weight excluding hydrogens is 309 g/mol. The first kappa shape index (κ1) is 22.5. The van der Waals surface area contributed by atoms with Gasteiger partial charge in [-0.3, -0.25) is 4.79 Å². The molecule has 0 aliphatic carbocycles. The van der Waals surface area contributed by atoms with Crippen LogP contribution in [0.25, 0.3) is 0 Å². The molecule has 1 amide bonds. The lowest BCUT2D eigenvalue weighted by Crippen LogP contribution is -2.39. The molecule has 0 aromatic heterocycles. The van der Waals surface area contributed by atoms with Gasteiger partial charge < -0.3 is 16.0 Å². The minimum Gasteiger partial charge on any atom is -0.353 e. The lowest BCUT2D eigenvalue weighted by atomic mass is 10.1. The number of hydrogen-bond acceptors (Lipinski definition) is 3. The summed E-state index contributed by atoms with van der Waals surface area (Å²) in [6, 6.07) is 8.87. The largest absolute Gasteiger partial charge is 0.353 e. The van der Waals surface area contributed by atoms with E-state index in [1.54, 1.807) is 0 Å². The van der Waals surface area contributed by atoms with E-state index >= 15 is 0 Å². The Morgan fingerprint density at radius 3 is 2.33 bits per heavy atom. The number of nitrogens with two attached hydrogens (primary N) is 1. The number of benzene rings is 1. The molecule has 0 aliphatic heterocycles. The molecule has 3 N–H and O–H groups in total. The Morgan fingerprint density at radius 1 is 1.19 bits per heavy atom. The minimum absolute atomic E-state index is 0. The van der Waals surface area contributed by atoms with Crippen molar-refractivity contribution in [3.8, 4) is 0 Å². The van der Waals surface area contributed by atoms with Crippen LogP contribution in [-0.2, 0) is 4.79 Å². The smallest absolute Gasteiger partial charge is 0.241 e. The average Bonchev–Trinajstić information content (AvgIpc) is 2.46. The zero-order valence-electron chi connectivity index (χ0n) is 12.7. The predicted molar refractivity (Wildman–Crippen MR) is 93.3 cm³/mol. The summed E-state index contributed by atoms with van der Waals surface area (Å²) in [5, 5.41) is 2.90. The fourth-order valence-electron chi connectivity index (χ4n) is 2.00. The van der Waals surface area contributed by atoms with Gasteiger partial charge in [-0.15, -0.1) is 24.8 Å². The molecule has 0 saturated carbocycles. The van der Waals surface area contributed by atoms with Gasteiger partial charge in [0.15, 0.2) is 0 Å². The molecular formula is C15H27Cl2N3O. The molecule has 6 heteroatoms. The second kappa shape index (κ2) is 12.9. The fourth-order valence-corrected chi connectivity index (χ4v) is 2.00. The molecule has 1 aromatic carbocycles. The summed E-state index contributed by atoms with van der Waals surface area (Å²) in [5.74, 6) is -0.112. The number of nitrogens with one attached hydrogen (secondary N) is 1. The summed E-state index contributed by atoms with van der Waals surface area (Å²) in [5.41, 5.74) is 6.77. The van der Waals surface area contributed by atoms with Gasteiger partial charge in [-0.1, -0.05) is 44.2 Å². The molecule has 122 valence electrons. The third-order valence-corrected chi connectivity index (χ3v) is 3.16. The molecule has 1 atom stereocenters. The first-order chi connectivity index (χ1) is 9.19. The van der Waals surface area contributed by atoms with E-state index in [-0.39, 0.29) is 30.7 Å². The van der Waals surface area contributed by atoms with E-state index in [9.17, 15) is 4.79 Å². The van der Waals surface area contributed by atoms with Crippen LogP contribution in [0.1, 0.15) is 31.9 Å². The molecule has 0 saturated heterocycles. The van der Waals surface area contributed by atoms with Crippen LogP contribution in [0.3, 0.4) is 0 Å². The zero-order valence-corrected chi connectivity index (χ0v) is 14.4. The number of halogens is 2. The summed E-state index contributed by atoms with van der Waals surface area (Å²) >= 11 is 0. The highest BCUT2D eigenvalue weighted by Crippen LogP contribution is 2.08. The zero-order chi connectivity index (χ0) is 14.1. The summed E-state index contributed by atoms with van der Waals surface area (Å²) < 4.78 is 0. The lowest BCUT2D eigenvalue weighted by molar-refractivity contribution is -0.122. The van der Waals surface area contributed by atoms with E-state index in [1.165, 1.54) is 0 Å². The van der Waals surface area contributed by atoms with Gasteiger partial charge in [0.05, 0.1) is 0 Å². The Balaban J connectivity index is 0. The third-order valence-electron chi connectivity index (χ3n) is 3.16. The van der Waals surface area contributed by atoms with Crippen molar-refractivity contribution in [2.24, 2.45) is 5.73 Å². The molecule has 1 rings (SSSR count). The van der Waals surface area contributed by atoms with Gasteiger partial charge >= 0.3 is 0 Å². The maximum Gasteiger partial charge on any atom is 0.241 e. The maximum atomic E-state index is 11.9. The summed E-state index contributed by atoms with van der Waals surface area (Å²) in [4.78, 5) is 14.2. The quantitative estimate of drug-likeness (QED) is 0.766. The van der Waals surface area contributed by atoms with Crippen molar-refractivity contribution in [2.75, 3.05) is 26.2 Å². The first-order valence-electron chi connectivity index (χ1n) is 6.99. The van der Waals surface area contributed by atoms with Crippen molar-refractivity contribution in [3.05, 3.63) is 35.9 Å².